The quantitative estimate of drug-likeness (QED) is 0.717. The number of rotatable bonds is 3. The maximum atomic E-state index is 5.63. The van der Waals surface area contributed by atoms with Crippen LogP contribution in [0.5, 0.6) is 0 Å². The molecule has 1 aromatic heterocycles. The standard InChI is InChI=1S/C14H18NO/c1-12-9-10-14(16-12)11-15(2,3)13-7-5-4-6-8-13/h4-10H,11H2,1-3H3/q+1. The van der Waals surface area contributed by atoms with Gasteiger partial charge in [-0.2, -0.15) is 0 Å². The van der Waals surface area contributed by atoms with Crippen LogP contribution in [0.3, 0.4) is 0 Å². The van der Waals surface area contributed by atoms with Crippen LogP contribution in [-0.4, -0.2) is 14.1 Å². The van der Waals surface area contributed by atoms with Gasteiger partial charge in [-0.15, -0.1) is 0 Å². The minimum Gasteiger partial charge on any atom is -0.460 e. The van der Waals surface area contributed by atoms with E-state index >= 15 is 0 Å². The van der Waals surface area contributed by atoms with Gasteiger partial charge in [-0.25, -0.2) is 0 Å². The van der Waals surface area contributed by atoms with E-state index in [1.54, 1.807) is 0 Å². The Labute approximate surface area is 96.7 Å². The van der Waals surface area contributed by atoms with Gasteiger partial charge in [0.25, 0.3) is 0 Å². The second kappa shape index (κ2) is 4.14. The molecule has 0 N–H and O–H groups in total. The summed E-state index contributed by atoms with van der Waals surface area (Å²) in [6.07, 6.45) is 0. The molecule has 1 heterocycles. The molecule has 0 atom stereocenters. The predicted octanol–water partition coefficient (Wildman–Crippen LogP) is 3.36. The first-order valence-corrected chi connectivity index (χ1v) is 5.52. The molecule has 2 aromatic rings. The van der Waals surface area contributed by atoms with Gasteiger partial charge >= 0.3 is 0 Å². The molecule has 0 aliphatic rings. The number of furan rings is 1. The van der Waals surface area contributed by atoms with Gasteiger partial charge < -0.3 is 4.42 Å². The summed E-state index contributed by atoms with van der Waals surface area (Å²) >= 11 is 0. The van der Waals surface area contributed by atoms with Crippen LogP contribution in [0.2, 0.25) is 0 Å². The van der Waals surface area contributed by atoms with Crippen LogP contribution in [-0.2, 0) is 6.54 Å². The van der Waals surface area contributed by atoms with Crippen LogP contribution in [0.1, 0.15) is 11.5 Å². The van der Waals surface area contributed by atoms with Crippen LogP contribution >= 0.6 is 0 Å². The van der Waals surface area contributed by atoms with Crippen molar-refractivity contribution in [3.8, 4) is 0 Å². The number of nitrogens with zero attached hydrogens (tertiary/aromatic N) is 1. The summed E-state index contributed by atoms with van der Waals surface area (Å²) in [7, 11) is 4.38. The minimum absolute atomic E-state index is 0.799. The summed E-state index contributed by atoms with van der Waals surface area (Å²) in [4.78, 5) is 0. The van der Waals surface area contributed by atoms with Crippen molar-refractivity contribution in [2.24, 2.45) is 0 Å². The van der Waals surface area contributed by atoms with E-state index in [1.807, 2.05) is 19.1 Å². The van der Waals surface area contributed by atoms with Crippen LogP contribution < -0.4 is 4.48 Å². The Balaban J connectivity index is 2.20. The van der Waals surface area contributed by atoms with Crippen molar-refractivity contribution < 1.29 is 4.42 Å². The van der Waals surface area contributed by atoms with Crippen molar-refractivity contribution in [3.05, 3.63) is 54.0 Å². The molecule has 0 radical (unpaired) electrons. The lowest BCUT2D eigenvalue weighted by molar-refractivity contribution is 0.340. The van der Waals surface area contributed by atoms with Crippen molar-refractivity contribution in [2.45, 2.75) is 13.5 Å². The highest BCUT2D eigenvalue weighted by atomic mass is 16.3. The maximum absolute atomic E-state index is 5.63. The fourth-order valence-corrected chi connectivity index (χ4v) is 1.88. The molecule has 0 unspecified atom stereocenters. The SMILES string of the molecule is Cc1ccc(C[N+](C)(C)c2ccccc2)o1. The monoisotopic (exact) mass is 216 g/mol. The molecular formula is C14H18NO+. The Morgan fingerprint density at radius 3 is 2.25 bits per heavy atom. The molecule has 84 valence electrons. The van der Waals surface area contributed by atoms with Crippen molar-refractivity contribution in [2.75, 3.05) is 14.1 Å². The summed E-state index contributed by atoms with van der Waals surface area (Å²) in [6, 6.07) is 14.6. The molecule has 0 aliphatic heterocycles. The average molecular weight is 216 g/mol. The first-order valence-electron chi connectivity index (χ1n) is 5.52. The van der Waals surface area contributed by atoms with Gasteiger partial charge in [0, 0.05) is 0 Å². The zero-order valence-corrected chi connectivity index (χ0v) is 10.1. The fraction of sp³-hybridized carbons (Fsp3) is 0.286. The second-order valence-electron chi connectivity index (χ2n) is 4.69. The number of quaternary nitrogens is 1. The largest absolute Gasteiger partial charge is 0.460 e. The molecule has 0 amide bonds. The molecule has 1 aromatic carbocycles. The van der Waals surface area contributed by atoms with Gasteiger partial charge in [0.1, 0.15) is 18.0 Å². The number of hydrogen-bond acceptors (Lipinski definition) is 1. The lowest BCUT2D eigenvalue weighted by Crippen LogP contribution is -2.39. The van der Waals surface area contributed by atoms with Crippen LogP contribution in [0.15, 0.2) is 46.9 Å². The molecule has 16 heavy (non-hydrogen) atoms. The van der Waals surface area contributed by atoms with Gasteiger partial charge in [-0.05, 0) is 31.2 Å². The van der Waals surface area contributed by atoms with E-state index in [0.717, 1.165) is 22.5 Å². The third kappa shape index (κ3) is 2.34. The smallest absolute Gasteiger partial charge is 0.158 e. The number of aryl methyl sites for hydroxylation is 1. The summed E-state index contributed by atoms with van der Waals surface area (Å²) in [5.41, 5.74) is 1.29. The van der Waals surface area contributed by atoms with Crippen molar-refractivity contribution >= 4 is 5.69 Å². The second-order valence-corrected chi connectivity index (χ2v) is 4.69. The normalized spacial score (nSPS) is 11.7. The summed E-state index contributed by atoms with van der Waals surface area (Å²) in [5.74, 6) is 2.01. The predicted molar refractivity (Wildman–Crippen MR) is 67.2 cm³/mol. The maximum Gasteiger partial charge on any atom is 0.158 e. The molecule has 0 spiro atoms. The Morgan fingerprint density at radius 2 is 1.69 bits per heavy atom. The highest BCUT2D eigenvalue weighted by molar-refractivity contribution is 5.41. The van der Waals surface area contributed by atoms with Gasteiger partial charge in [-0.3, -0.25) is 4.48 Å². The molecule has 0 saturated carbocycles. The highest BCUT2D eigenvalue weighted by Crippen LogP contribution is 2.22. The van der Waals surface area contributed by atoms with Gasteiger partial charge in [-0.1, -0.05) is 18.2 Å². The van der Waals surface area contributed by atoms with Gasteiger partial charge in [0.15, 0.2) is 5.76 Å². The van der Waals surface area contributed by atoms with Crippen LogP contribution in [0.4, 0.5) is 5.69 Å². The summed E-state index contributed by atoms with van der Waals surface area (Å²) < 4.78 is 6.42. The molecule has 0 fully saturated rings. The fourth-order valence-electron chi connectivity index (χ4n) is 1.88. The van der Waals surface area contributed by atoms with Gasteiger partial charge in [0.05, 0.1) is 14.1 Å². The van der Waals surface area contributed by atoms with Crippen LogP contribution in [0, 0.1) is 6.92 Å². The molecule has 2 rings (SSSR count). The zero-order chi connectivity index (χ0) is 11.6. The minimum atomic E-state index is 0.799. The van der Waals surface area contributed by atoms with E-state index in [4.69, 9.17) is 4.42 Å². The lowest BCUT2D eigenvalue weighted by atomic mass is 10.2. The van der Waals surface area contributed by atoms with E-state index in [-0.39, 0.29) is 0 Å². The third-order valence-electron chi connectivity index (χ3n) is 2.80. The van der Waals surface area contributed by atoms with Crippen molar-refractivity contribution in [1.82, 2.24) is 4.48 Å². The molecule has 0 saturated heterocycles. The van der Waals surface area contributed by atoms with E-state index in [2.05, 4.69) is 44.4 Å². The zero-order valence-electron chi connectivity index (χ0n) is 10.1. The number of benzene rings is 1. The first-order chi connectivity index (χ1) is 7.58. The highest BCUT2D eigenvalue weighted by Gasteiger charge is 2.20. The third-order valence-corrected chi connectivity index (χ3v) is 2.80. The summed E-state index contributed by atoms with van der Waals surface area (Å²) in [6.45, 7) is 2.85. The van der Waals surface area contributed by atoms with E-state index < -0.39 is 0 Å². The molecule has 0 bridgehead atoms. The molecule has 2 nitrogen and oxygen atoms in total. The number of hydrogen-bond donors (Lipinski definition) is 0. The molecule has 0 aliphatic carbocycles. The average Bonchev–Trinajstić information content (AvgIpc) is 2.64. The lowest BCUT2D eigenvalue weighted by Gasteiger charge is -2.28. The Kier molecular flexibility index (Phi) is 2.84. The van der Waals surface area contributed by atoms with E-state index in [1.165, 1.54) is 5.69 Å². The molecular weight excluding hydrogens is 198 g/mol. The van der Waals surface area contributed by atoms with E-state index in [9.17, 15) is 0 Å². The number of para-hydroxylation sites is 1. The molecule has 2 heteroatoms. The Bertz CT molecular complexity index is 457. The van der Waals surface area contributed by atoms with Crippen molar-refractivity contribution in [3.63, 3.8) is 0 Å². The topological polar surface area (TPSA) is 13.1 Å². The van der Waals surface area contributed by atoms with Gasteiger partial charge in [0.2, 0.25) is 0 Å². The Morgan fingerprint density at radius 1 is 1.00 bits per heavy atom. The Hall–Kier alpha value is -1.54. The van der Waals surface area contributed by atoms with Crippen LogP contribution in [0.25, 0.3) is 0 Å². The van der Waals surface area contributed by atoms with E-state index in [0.29, 0.717) is 0 Å². The van der Waals surface area contributed by atoms with Crippen molar-refractivity contribution in [1.29, 1.82) is 0 Å². The first kappa shape index (κ1) is 11.0. The summed E-state index contributed by atoms with van der Waals surface area (Å²) in [5, 5.41) is 0.